The molecule has 1 N–H and O–H groups in total. The molecule has 0 radical (unpaired) electrons. The number of likely N-dealkylation sites (tertiary alicyclic amines) is 1. The maximum atomic E-state index is 12.4. The molecule has 0 aliphatic carbocycles. The normalized spacial score (nSPS) is 29.8. The van der Waals surface area contributed by atoms with Crippen LogP contribution in [0.25, 0.3) is 0 Å². The second kappa shape index (κ2) is 7.25. The highest BCUT2D eigenvalue weighted by Gasteiger charge is 2.35. The molecular weight excluding hydrogens is 311 g/mol. The number of hydrogen-bond acceptors (Lipinski definition) is 3. The largest absolute Gasteiger partial charge is 0.401 e. The molecule has 2 atom stereocenters. The lowest BCUT2D eigenvalue weighted by Gasteiger charge is -2.40. The molecule has 2 rings (SSSR count). The zero-order valence-electron chi connectivity index (χ0n) is 13.8. The number of nitrogens with one attached hydrogen (secondary N) is 1. The molecule has 8 heteroatoms. The van der Waals surface area contributed by atoms with E-state index in [1.54, 1.807) is 4.90 Å². The maximum Gasteiger partial charge on any atom is 0.401 e. The number of urea groups is 1. The first kappa shape index (κ1) is 18.3. The van der Waals surface area contributed by atoms with E-state index in [4.69, 9.17) is 4.74 Å². The van der Waals surface area contributed by atoms with E-state index in [0.29, 0.717) is 45.8 Å². The lowest BCUT2D eigenvalue weighted by molar-refractivity contribution is -0.143. The summed E-state index contributed by atoms with van der Waals surface area (Å²) < 4.78 is 42.8. The molecule has 0 unspecified atom stereocenters. The van der Waals surface area contributed by atoms with E-state index < -0.39 is 12.7 Å². The van der Waals surface area contributed by atoms with Crippen LogP contribution in [0.5, 0.6) is 0 Å². The Morgan fingerprint density at radius 1 is 1.39 bits per heavy atom. The zero-order chi connectivity index (χ0) is 17.1. The minimum absolute atomic E-state index is 0.0832. The second-order valence-electron chi connectivity index (χ2n) is 6.76. The number of carbonyl (C=O) groups is 1. The number of nitrogens with zero attached hydrogens (tertiary/aromatic N) is 2. The summed E-state index contributed by atoms with van der Waals surface area (Å²) in [5, 5.41) is 2.86. The molecule has 0 aromatic heterocycles. The van der Waals surface area contributed by atoms with Gasteiger partial charge in [-0.25, -0.2) is 4.79 Å². The van der Waals surface area contributed by atoms with Gasteiger partial charge in [0, 0.05) is 19.6 Å². The minimum Gasteiger partial charge on any atom is -0.372 e. The quantitative estimate of drug-likeness (QED) is 0.854. The van der Waals surface area contributed by atoms with Gasteiger partial charge in [0.05, 0.1) is 25.3 Å². The van der Waals surface area contributed by atoms with Crippen LogP contribution in [0.1, 0.15) is 26.7 Å². The van der Waals surface area contributed by atoms with E-state index in [2.05, 4.69) is 5.32 Å². The highest BCUT2D eigenvalue weighted by molar-refractivity contribution is 5.74. The molecule has 23 heavy (non-hydrogen) atoms. The first-order chi connectivity index (χ1) is 10.7. The van der Waals surface area contributed by atoms with E-state index in [-0.39, 0.29) is 17.6 Å². The fourth-order valence-corrected chi connectivity index (χ4v) is 3.14. The summed E-state index contributed by atoms with van der Waals surface area (Å²) in [6.45, 7) is 5.99. The summed E-state index contributed by atoms with van der Waals surface area (Å²) in [5.41, 5.74) is -0.313. The van der Waals surface area contributed by atoms with Gasteiger partial charge in [-0.15, -0.1) is 0 Å². The van der Waals surface area contributed by atoms with Crippen molar-refractivity contribution in [2.24, 2.45) is 5.92 Å². The van der Waals surface area contributed by atoms with Gasteiger partial charge in [0.2, 0.25) is 0 Å². The average Bonchev–Trinajstić information content (AvgIpc) is 2.90. The van der Waals surface area contributed by atoms with E-state index in [9.17, 15) is 18.0 Å². The van der Waals surface area contributed by atoms with Gasteiger partial charge in [0.1, 0.15) is 0 Å². The number of rotatable bonds is 4. The van der Waals surface area contributed by atoms with E-state index in [0.717, 1.165) is 6.42 Å². The second-order valence-corrected chi connectivity index (χ2v) is 6.76. The third-order valence-electron chi connectivity index (χ3n) is 4.69. The van der Waals surface area contributed by atoms with E-state index >= 15 is 0 Å². The van der Waals surface area contributed by atoms with Crippen molar-refractivity contribution < 1.29 is 22.7 Å². The van der Waals surface area contributed by atoms with Crippen LogP contribution >= 0.6 is 0 Å². The first-order valence-electron chi connectivity index (χ1n) is 8.16. The lowest BCUT2D eigenvalue weighted by Crippen LogP contribution is -2.54. The third-order valence-corrected chi connectivity index (χ3v) is 4.69. The van der Waals surface area contributed by atoms with Crippen molar-refractivity contribution in [3.63, 3.8) is 0 Å². The predicted octanol–water partition coefficient (Wildman–Crippen LogP) is 2.08. The van der Waals surface area contributed by atoms with Crippen LogP contribution in [0.15, 0.2) is 0 Å². The van der Waals surface area contributed by atoms with Crippen molar-refractivity contribution >= 4 is 6.03 Å². The number of alkyl halides is 3. The van der Waals surface area contributed by atoms with Crippen molar-refractivity contribution in [1.82, 2.24) is 15.1 Å². The molecular formula is C15H26F3N3O2. The summed E-state index contributed by atoms with van der Waals surface area (Å²) in [4.78, 5) is 15.4. The SMILES string of the molecule is CC[C@]1(C)CN(C(=O)NC[C@H]2CCN(CC(F)(F)F)C2)CCO1. The Labute approximate surface area is 135 Å². The van der Waals surface area contributed by atoms with Gasteiger partial charge in [-0.05, 0) is 32.2 Å². The molecule has 2 fully saturated rings. The molecule has 0 aromatic rings. The lowest BCUT2D eigenvalue weighted by atomic mass is 10.0. The molecule has 5 nitrogen and oxygen atoms in total. The van der Waals surface area contributed by atoms with Crippen LogP contribution < -0.4 is 5.32 Å². The summed E-state index contributed by atoms with van der Waals surface area (Å²) in [6.07, 6.45) is -2.64. The molecule has 2 heterocycles. The Hall–Kier alpha value is -1.02. The number of ether oxygens (including phenoxy) is 1. The van der Waals surface area contributed by atoms with Crippen LogP contribution in [-0.4, -0.2) is 73.5 Å². The Balaban J connectivity index is 1.73. The Morgan fingerprint density at radius 3 is 2.78 bits per heavy atom. The highest BCUT2D eigenvalue weighted by atomic mass is 19.4. The third kappa shape index (κ3) is 5.53. The highest BCUT2D eigenvalue weighted by Crippen LogP contribution is 2.23. The number of halogens is 3. The summed E-state index contributed by atoms with van der Waals surface area (Å²) in [7, 11) is 0. The molecule has 134 valence electrons. The number of amides is 2. The molecule has 0 aromatic carbocycles. The van der Waals surface area contributed by atoms with Crippen LogP contribution in [0.3, 0.4) is 0 Å². The van der Waals surface area contributed by atoms with Crippen LogP contribution in [-0.2, 0) is 4.74 Å². The smallest absolute Gasteiger partial charge is 0.372 e. The van der Waals surface area contributed by atoms with Crippen LogP contribution in [0.2, 0.25) is 0 Å². The van der Waals surface area contributed by atoms with E-state index in [1.165, 1.54) is 4.90 Å². The molecule has 0 bridgehead atoms. The van der Waals surface area contributed by atoms with Crippen molar-refractivity contribution in [2.75, 3.05) is 45.9 Å². The molecule has 0 saturated carbocycles. The summed E-state index contributed by atoms with van der Waals surface area (Å²) >= 11 is 0. The fraction of sp³-hybridized carbons (Fsp3) is 0.933. The van der Waals surface area contributed by atoms with Gasteiger partial charge in [0.25, 0.3) is 0 Å². The van der Waals surface area contributed by atoms with Gasteiger partial charge in [-0.3, -0.25) is 4.90 Å². The fourth-order valence-electron chi connectivity index (χ4n) is 3.14. The zero-order valence-corrected chi connectivity index (χ0v) is 13.8. The number of carbonyl (C=O) groups excluding carboxylic acids is 1. The van der Waals surface area contributed by atoms with Gasteiger partial charge >= 0.3 is 12.2 Å². The molecule has 2 amide bonds. The first-order valence-corrected chi connectivity index (χ1v) is 8.16. The van der Waals surface area contributed by atoms with Gasteiger partial charge in [-0.1, -0.05) is 6.92 Å². The van der Waals surface area contributed by atoms with Crippen molar-refractivity contribution in [3.05, 3.63) is 0 Å². The van der Waals surface area contributed by atoms with Crippen molar-refractivity contribution in [2.45, 2.75) is 38.5 Å². The number of morpholine rings is 1. The topological polar surface area (TPSA) is 44.8 Å². The van der Waals surface area contributed by atoms with Crippen molar-refractivity contribution in [3.8, 4) is 0 Å². The summed E-state index contributed by atoms with van der Waals surface area (Å²) in [5.74, 6) is 0.0832. The van der Waals surface area contributed by atoms with Gasteiger partial charge < -0.3 is 15.0 Å². The monoisotopic (exact) mass is 337 g/mol. The molecule has 2 aliphatic heterocycles. The van der Waals surface area contributed by atoms with E-state index in [1.807, 2.05) is 13.8 Å². The summed E-state index contributed by atoms with van der Waals surface area (Å²) in [6, 6.07) is -0.151. The van der Waals surface area contributed by atoms with Crippen LogP contribution in [0.4, 0.5) is 18.0 Å². The Bertz CT molecular complexity index is 419. The number of hydrogen-bond donors (Lipinski definition) is 1. The Kier molecular flexibility index (Phi) is 5.78. The van der Waals surface area contributed by atoms with Gasteiger partial charge in [0.15, 0.2) is 0 Å². The molecule has 2 aliphatic rings. The standard InChI is InChI=1S/C15H26F3N3O2/c1-3-14(2)10-21(6-7-23-14)13(22)19-8-12-4-5-20(9-12)11-15(16,17)18/h12H,3-11H2,1-2H3,(H,19,22)/t12-,14-/m1/s1. The molecule has 0 spiro atoms. The molecule has 2 saturated heterocycles. The predicted molar refractivity (Wildman–Crippen MR) is 80.2 cm³/mol. The maximum absolute atomic E-state index is 12.4. The van der Waals surface area contributed by atoms with Gasteiger partial charge in [-0.2, -0.15) is 13.2 Å². The average molecular weight is 337 g/mol. The Morgan fingerprint density at radius 2 is 2.13 bits per heavy atom. The van der Waals surface area contributed by atoms with Crippen molar-refractivity contribution in [1.29, 1.82) is 0 Å². The minimum atomic E-state index is -4.16. The van der Waals surface area contributed by atoms with Crippen LogP contribution in [0, 0.1) is 5.92 Å².